The van der Waals surface area contributed by atoms with Gasteiger partial charge in [-0.05, 0) is 49.0 Å². The van der Waals surface area contributed by atoms with Gasteiger partial charge in [0.15, 0.2) is 0 Å². The van der Waals surface area contributed by atoms with E-state index in [4.69, 9.17) is 9.72 Å². The zero-order chi connectivity index (χ0) is 23.2. The van der Waals surface area contributed by atoms with Crippen molar-refractivity contribution in [3.8, 4) is 28.6 Å². The number of aromatic nitrogens is 5. The molecule has 0 radical (unpaired) electrons. The van der Waals surface area contributed by atoms with Gasteiger partial charge in [0.1, 0.15) is 22.5 Å². The van der Waals surface area contributed by atoms with Gasteiger partial charge < -0.3 is 24.6 Å². The number of aromatic amines is 1. The maximum Gasteiger partial charge on any atom is 0.231 e. The zero-order valence-corrected chi connectivity index (χ0v) is 19.1. The van der Waals surface area contributed by atoms with E-state index in [9.17, 15) is 5.11 Å². The molecule has 0 amide bonds. The van der Waals surface area contributed by atoms with E-state index in [-0.39, 0.29) is 5.75 Å². The van der Waals surface area contributed by atoms with Crippen LogP contribution < -0.4 is 9.64 Å². The molecule has 1 saturated heterocycles. The van der Waals surface area contributed by atoms with Crippen molar-refractivity contribution in [2.24, 2.45) is 0 Å². The number of phenols is 1. The highest BCUT2D eigenvalue weighted by atomic mass is 16.5. The van der Waals surface area contributed by atoms with Gasteiger partial charge in [0.25, 0.3) is 0 Å². The average molecular weight is 456 g/mol. The summed E-state index contributed by atoms with van der Waals surface area (Å²) in [7, 11) is 3.74. The van der Waals surface area contributed by atoms with Crippen molar-refractivity contribution in [3.05, 3.63) is 54.6 Å². The van der Waals surface area contributed by atoms with E-state index in [1.54, 1.807) is 23.9 Å². The Balaban J connectivity index is 1.39. The smallest absolute Gasteiger partial charge is 0.231 e. The maximum absolute atomic E-state index is 9.77. The largest absolute Gasteiger partial charge is 0.508 e. The lowest BCUT2D eigenvalue weighted by Crippen LogP contribution is -2.44. The minimum Gasteiger partial charge on any atom is -0.508 e. The quantitative estimate of drug-likeness (QED) is 0.429. The number of aromatic hydroxyl groups is 1. The first-order chi connectivity index (χ1) is 16.6. The van der Waals surface area contributed by atoms with Gasteiger partial charge in [-0.2, -0.15) is 4.68 Å². The van der Waals surface area contributed by atoms with Crippen LogP contribution in [0.15, 0.2) is 54.6 Å². The second-order valence-corrected chi connectivity index (χ2v) is 8.61. The van der Waals surface area contributed by atoms with Crippen LogP contribution in [0.2, 0.25) is 0 Å². The van der Waals surface area contributed by atoms with Crippen molar-refractivity contribution in [2.45, 2.75) is 0 Å². The number of nitrogens with one attached hydrogen (secondary N) is 1. The SMILES string of the molecule is COc1cc(O)ccc1-c1ccc2c(c1)nnn2-c1nc2c(N3CCN(C)CC3)cccc2[nH]1. The summed E-state index contributed by atoms with van der Waals surface area (Å²) < 4.78 is 7.18. The Morgan fingerprint density at radius 3 is 2.68 bits per heavy atom. The Labute approximate surface area is 196 Å². The molecule has 5 aromatic rings. The third-order valence-electron chi connectivity index (χ3n) is 6.47. The summed E-state index contributed by atoms with van der Waals surface area (Å²) in [4.78, 5) is 13.1. The van der Waals surface area contributed by atoms with Crippen LogP contribution in [0.3, 0.4) is 0 Å². The van der Waals surface area contributed by atoms with E-state index in [0.717, 1.165) is 65.1 Å². The second-order valence-electron chi connectivity index (χ2n) is 8.61. The first kappa shape index (κ1) is 20.5. The Kier molecular flexibility index (Phi) is 4.84. The number of ether oxygens (including phenoxy) is 1. The first-order valence-electron chi connectivity index (χ1n) is 11.3. The van der Waals surface area contributed by atoms with Crippen LogP contribution in [0.1, 0.15) is 0 Å². The van der Waals surface area contributed by atoms with Crippen LogP contribution >= 0.6 is 0 Å². The minimum atomic E-state index is 0.161. The molecule has 172 valence electrons. The maximum atomic E-state index is 9.77. The van der Waals surface area contributed by atoms with Crippen LogP contribution in [0.25, 0.3) is 39.1 Å². The highest BCUT2D eigenvalue weighted by Crippen LogP contribution is 2.34. The second kappa shape index (κ2) is 8.03. The summed E-state index contributed by atoms with van der Waals surface area (Å²) >= 11 is 0. The minimum absolute atomic E-state index is 0.161. The number of likely N-dealkylation sites (N-methyl/N-ethyl adjacent to an activating group) is 1. The molecule has 0 bridgehead atoms. The third-order valence-corrected chi connectivity index (χ3v) is 6.47. The summed E-state index contributed by atoms with van der Waals surface area (Å²) in [5.41, 5.74) is 6.45. The molecular formula is C25H25N7O2. The molecule has 1 fully saturated rings. The number of hydrogen-bond donors (Lipinski definition) is 2. The van der Waals surface area contributed by atoms with E-state index < -0.39 is 0 Å². The molecule has 9 nitrogen and oxygen atoms in total. The number of imidazole rings is 1. The number of rotatable bonds is 4. The number of para-hydroxylation sites is 1. The van der Waals surface area contributed by atoms with E-state index >= 15 is 0 Å². The van der Waals surface area contributed by atoms with E-state index in [1.165, 1.54) is 0 Å². The molecule has 0 spiro atoms. The predicted molar refractivity (Wildman–Crippen MR) is 132 cm³/mol. The molecule has 3 heterocycles. The van der Waals surface area contributed by atoms with Gasteiger partial charge in [0.2, 0.25) is 5.95 Å². The Bertz CT molecular complexity index is 1500. The topological polar surface area (TPSA) is 95.3 Å². The van der Waals surface area contributed by atoms with E-state index in [1.807, 2.05) is 30.3 Å². The van der Waals surface area contributed by atoms with E-state index in [2.05, 4.69) is 44.3 Å². The highest BCUT2D eigenvalue weighted by molar-refractivity contribution is 5.90. The molecule has 2 aromatic heterocycles. The summed E-state index contributed by atoms with van der Waals surface area (Å²) in [6, 6.07) is 17.3. The highest BCUT2D eigenvalue weighted by Gasteiger charge is 2.19. The van der Waals surface area contributed by atoms with Gasteiger partial charge in [-0.15, -0.1) is 5.10 Å². The normalized spacial score (nSPS) is 14.8. The van der Waals surface area contributed by atoms with E-state index in [0.29, 0.717) is 11.7 Å². The number of phenolic OH excluding ortho intramolecular Hbond substituents is 1. The predicted octanol–water partition coefficient (Wildman–Crippen LogP) is 3.43. The molecule has 0 aliphatic carbocycles. The van der Waals surface area contributed by atoms with Gasteiger partial charge in [0.05, 0.1) is 23.8 Å². The molecule has 9 heteroatoms. The van der Waals surface area contributed by atoms with Gasteiger partial charge in [-0.25, -0.2) is 4.98 Å². The summed E-state index contributed by atoms with van der Waals surface area (Å²) in [6.07, 6.45) is 0. The summed E-state index contributed by atoms with van der Waals surface area (Å²) in [5.74, 6) is 1.39. The van der Waals surface area contributed by atoms with Crippen molar-refractivity contribution in [3.63, 3.8) is 0 Å². The number of methoxy groups -OCH3 is 1. The summed E-state index contributed by atoms with van der Waals surface area (Å²) in [6.45, 7) is 4.03. The number of fused-ring (bicyclic) bond motifs is 2. The van der Waals surface area contributed by atoms with Crippen LogP contribution in [-0.4, -0.2) is 75.3 Å². The Morgan fingerprint density at radius 2 is 1.85 bits per heavy atom. The molecule has 34 heavy (non-hydrogen) atoms. The fourth-order valence-corrected chi connectivity index (χ4v) is 4.57. The lowest BCUT2D eigenvalue weighted by molar-refractivity contribution is 0.313. The number of benzene rings is 3. The zero-order valence-electron chi connectivity index (χ0n) is 19.1. The molecular weight excluding hydrogens is 430 g/mol. The van der Waals surface area contributed by atoms with Crippen molar-refractivity contribution >= 4 is 27.8 Å². The number of anilines is 1. The van der Waals surface area contributed by atoms with Gasteiger partial charge in [0, 0.05) is 37.8 Å². The summed E-state index contributed by atoms with van der Waals surface area (Å²) in [5, 5.41) is 18.5. The van der Waals surface area contributed by atoms with Crippen LogP contribution in [-0.2, 0) is 0 Å². The third kappa shape index (κ3) is 3.41. The fourth-order valence-electron chi connectivity index (χ4n) is 4.57. The lowest BCUT2D eigenvalue weighted by Gasteiger charge is -2.34. The molecule has 6 rings (SSSR count). The number of hydrogen-bond acceptors (Lipinski definition) is 7. The van der Waals surface area contributed by atoms with Gasteiger partial charge in [-0.1, -0.05) is 17.3 Å². The van der Waals surface area contributed by atoms with Gasteiger partial charge in [-0.3, -0.25) is 0 Å². The molecule has 3 aromatic carbocycles. The van der Waals surface area contributed by atoms with Gasteiger partial charge >= 0.3 is 0 Å². The standard InChI is InChI=1S/C25H25N7O2/c1-30-10-12-31(13-11-30)22-5-3-4-19-24(22)27-25(26-19)32-21-9-6-16(14-20(21)28-29-32)18-8-7-17(33)15-23(18)34-2/h3-9,14-15,33H,10-13H2,1-2H3,(H,26,27). The average Bonchev–Trinajstić information content (AvgIpc) is 3.48. The van der Waals surface area contributed by atoms with Crippen molar-refractivity contribution in [1.29, 1.82) is 0 Å². The molecule has 1 aliphatic rings. The van der Waals surface area contributed by atoms with Crippen molar-refractivity contribution in [1.82, 2.24) is 29.9 Å². The van der Waals surface area contributed by atoms with Crippen LogP contribution in [0, 0.1) is 0 Å². The Hall–Kier alpha value is -4.11. The van der Waals surface area contributed by atoms with Crippen molar-refractivity contribution in [2.75, 3.05) is 45.2 Å². The van der Waals surface area contributed by atoms with Crippen molar-refractivity contribution < 1.29 is 9.84 Å². The lowest BCUT2D eigenvalue weighted by atomic mass is 10.0. The molecule has 0 unspecified atom stereocenters. The number of H-pyrrole nitrogens is 1. The fraction of sp³-hybridized carbons (Fsp3) is 0.240. The molecule has 2 N–H and O–H groups in total. The first-order valence-corrected chi connectivity index (χ1v) is 11.3. The number of nitrogens with zero attached hydrogens (tertiary/aromatic N) is 6. The Morgan fingerprint density at radius 1 is 1.00 bits per heavy atom. The molecule has 0 saturated carbocycles. The molecule has 1 aliphatic heterocycles. The van der Waals surface area contributed by atoms with Crippen LogP contribution in [0.5, 0.6) is 11.5 Å². The monoisotopic (exact) mass is 455 g/mol. The molecule has 0 atom stereocenters. The number of piperazine rings is 1. The van der Waals surface area contributed by atoms with Crippen LogP contribution in [0.4, 0.5) is 5.69 Å².